The van der Waals surface area contributed by atoms with Crippen LogP contribution in [0.5, 0.6) is 0 Å². The average molecular weight is 381 g/mol. The van der Waals surface area contributed by atoms with Gasteiger partial charge in [0.05, 0.1) is 12.1 Å². The second-order valence-corrected chi connectivity index (χ2v) is 7.68. The second-order valence-electron chi connectivity index (χ2n) is 6.84. The molecule has 0 spiro atoms. The van der Waals surface area contributed by atoms with Crippen molar-refractivity contribution in [3.05, 3.63) is 71.1 Å². The van der Waals surface area contributed by atoms with E-state index in [0.717, 1.165) is 22.0 Å². The largest absolute Gasteiger partial charge is 0.481 e. The van der Waals surface area contributed by atoms with Crippen LogP contribution in [0.4, 0.5) is 5.13 Å². The number of hydrogen-bond donors (Lipinski definition) is 1. The van der Waals surface area contributed by atoms with Gasteiger partial charge in [-0.05, 0) is 17.0 Å². The normalized spacial score (nSPS) is 10.9. The van der Waals surface area contributed by atoms with E-state index in [9.17, 15) is 4.79 Å². The van der Waals surface area contributed by atoms with E-state index in [1.54, 1.807) is 11.3 Å². The maximum atomic E-state index is 11.1. The Hall–Kier alpha value is -2.66. The molecule has 0 fully saturated rings. The van der Waals surface area contributed by atoms with Crippen molar-refractivity contribution < 1.29 is 9.90 Å². The van der Waals surface area contributed by atoms with Crippen molar-refractivity contribution in [2.75, 3.05) is 11.4 Å². The summed E-state index contributed by atoms with van der Waals surface area (Å²) in [4.78, 5) is 17.9. The first-order chi connectivity index (χ1) is 13.0. The van der Waals surface area contributed by atoms with Gasteiger partial charge in [0.1, 0.15) is 0 Å². The molecule has 0 aliphatic rings. The molecule has 0 radical (unpaired) electrons. The van der Waals surface area contributed by atoms with E-state index in [-0.39, 0.29) is 6.42 Å². The number of nitrogens with zero attached hydrogens (tertiary/aromatic N) is 2. The van der Waals surface area contributed by atoms with E-state index in [1.807, 2.05) is 40.6 Å². The lowest BCUT2D eigenvalue weighted by Gasteiger charge is -2.21. The van der Waals surface area contributed by atoms with E-state index < -0.39 is 5.97 Å². The van der Waals surface area contributed by atoms with Crippen LogP contribution in [0.25, 0.3) is 11.3 Å². The molecule has 0 amide bonds. The highest BCUT2D eigenvalue weighted by molar-refractivity contribution is 7.14. The fraction of sp³-hybridized carbons (Fsp3) is 0.273. The van der Waals surface area contributed by atoms with Gasteiger partial charge >= 0.3 is 5.97 Å². The number of aromatic nitrogens is 1. The predicted octanol–water partition coefficient (Wildman–Crippen LogP) is 5.41. The molecule has 0 aliphatic heterocycles. The van der Waals surface area contributed by atoms with E-state index in [0.29, 0.717) is 19.0 Å². The molecular formula is C22H24N2O2S. The van der Waals surface area contributed by atoms with Gasteiger partial charge in [0, 0.05) is 24.0 Å². The lowest BCUT2D eigenvalue weighted by molar-refractivity contribution is -0.136. The van der Waals surface area contributed by atoms with Crippen molar-refractivity contribution >= 4 is 22.4 Å². The molecule has 3 aromatic rings. The molecular weight excluding hydrogens is 356 g/mol. The molecule has 5 heteroatoms. The van der Waals surface area contributed by atoms with Gasteiger partial charge in [0.2, 0.25) is 0 Å². The molecule has 3 rings (SSSR count). The zero-order valence-electron chi connectivity index (χ0n) is 15.6. The van der Waals surface area contributed by atoms with Crippen LogP contribution >= 0.6 is 11.3 Å². The Morgan fingerprint density at radius 2 is 1.81 bits per heavy atom. The summed E-state index contributed by atoms with van der Waals surface area (Å²) in [6.45, 7) is 5.44. The van der Waals surface area contributed by atoms with E-state index >= 15 is 0 Å². The second kappa shape index (κ2) is 8.82. The summed E-state index contributed by atoms with van der Waals surface area (Å²) in [5.41, 5.74) is 4.46. The van der Waals surface area contributed by atoms with Crippen LogP contribution in [0.1, 0.15) is 37.3 Å². The number of thiazole rings is 1. The maximum Gasteiger partial charge on any atom is 0.305 e. The molecule has 1 aromatic heterocycles. The van der Waals surface area contributed by atoms with Gasteiger partial charge in [0.15, 0.2) is 5.13 Å². The average Bonchev–Trinajstić information content (AvgIpc) is 3.16. The lowest BCUT2D eigenvalue weighted by Crippen LogP contribution is -2.25. The van der Waals surface area contributed by atoms with Crippen molar-refractivity contribution in [1.29, 1.82) is 0 Å². The fourth-order valence-electron chi connectivity index (χ4n) is 2.86. The Bertz CT molecular complexity index is 873. The first-order valence-electron chi connectivity index (χ1n) is 9.09. The van der Waals surface area contributed by atoms with Crippen LogP contribution in [0.2, 0.25) is 0 Å². The summed E-state index contributed by atoms with van der Waals surface area (Å²) in [5.74, 6) is -0.295. The lowest BCUT2D eigenvalue weighted by atomic mass is 10.0. The first-order valence-corrected chi connectivity index (χ1v) is 9.97. The van der Waals surface area contributed by atoms with E-state index in [2.05, 4.69) is 38.1 Å². The van der Waals surface area contributed by atoms with Crippen LogP contribution in [0.3, 0.4) is 0 Å². The molecule has 27 heavy (non-hydrogen) atoms. The summed E-state index contributed by atoms with van der Waals surface area (Å²) in [6, 6.07) is 18.6. The number of rotatable bonds is 8. The molecule has 4 nitrogen and oxygen atoms in total. The third kappa shape index (κ3) is 5.17. The minimum absolute atomic E-state index is 0.0881. The van der Waals surface area contributed by atoms with E-state index in [1.165, 1.54) is 5.56 Å². The van der Waals surface area contributed by atoms with Crippen LogP contribution in [0.15, 0.2) is 60.0 Å². The molecule has 2 aromatic carbocycles. The number of carboxylic acids is 1. The van der Waals surface area contributed by atoms with Crippen LogP contribution in [-0.2, 0) is 11.3 Å². The highest BCUT2D eigenvalue weighted by Crippen LogP contribution is 2.29. The van der Waals surface area contributed by atoms with Gasteiger partial charge in [0.25, 0.3) is 0 Å². The molecule has 0 saturated heterocycles. The summed E-state index contributed by atoms with van der Waals surface area (Å²) < 4.78 is 0. The molecule has 0 unspecified atom stereocenters. The number of aliphatic carboxylic acids is 1. The molecule has 0 saturated carbocycles. The minimum Gasteiger partial charge on any atom is -0.481 e. The quantitative estimate of drug-likeness (QED) is 0.567. The van der Waals surface area contributed by atoms with Crippen molar-refractivity contribution in [2.45, 2.75) is 32.7 Å². The topological polar surface area (TPSA) is 53.4 Å². The highest BCUT2D eigenvalue weighted by Gasteiger charge is 2.14. The summed E-state index contributed by atoms with van der Waals surface area (Å²) in [5, 5.41) is 12.0. The Balaban J connectivity index is 1.81. The minimum atomic E-state index is -0.797. The zero-order valence-corrected chi connectivity index (χ0v) is 16.4. The van der Waals surface area contributed by atoms with Crippen LogP contribution in [-0.4, -0.2) is 22.6 Å². The Labute approximate surface area is 164 Å². The van der Waals surface area contributed by atoms with Crippen molar-refractivity contribution in [2.24, 2.45) is 0 Å². The Morgan fingerprint density at radius 3 is 2.44 bits per heavy atom. The molecule has 140 valence electrons. The monoisotopic (exact) mass is 380 g/mol. The summed E-state index contributed by atoms with van der Waals surface area (Å²) in [6.07, 6.45) is 0.0881. The third-order valence-electron chi connectivity index (χ3n) is 4.45. The van der Waals surface area contributed by atoms with Gasteiger partial charge in [-0.15, -0.1) is 11.3 Å². The Kier molecular flexibility index (Phi) is 6.24. The zero-order chi connectivity index (χ0) is 19.2. The SMILES string of the molecule is CC(C)c1ccc(-c2csc(N(CCC(=O)O)Cc3ccccc3)n2)cc1. The van der Waals surface area contributed by atoms with Gasteiger partial charge in [-0.2, -0.15) is 0 Å². The van der Waals surface area contributed by atoms with Crippen molar-refractivity contribution in [3.8, 4) is 11.3 Å². The fourth-order valence-corrected chi connectivity index (χ4v) is 3.72. The summed E-state index contributed by atoms with van der Waals surface area (Å²) >= 11 is 1.56. The van der Waals surface area contributed by atoms with Gasteiger partial charge in [-0.1, -0.05) is 68.4 Å². The van der Waals surface area contributed by atoms with E-state index in [4.69, 9.17) is 10.1 Å². The maximum absolute atomic E-state index is 11.1. The standard InChI is InChI=1S/C22H24N2O2S/c1-16(2)18-8-10-19(11-9-18)20-15-27-22(23-20)24(13-12-21(25)26)14-17-6-4-3-5-7-17/h3-11,15-16H,12-14H2,1-2H3,(H,25,26). The van der Waals surface area contributed by atoms with Gasteiger partial charge in [-0.3, -0.25) is 4.79 Å². The Morgan fingerprint density at radius 1 is 1.11 bits per heavy atom. The number of carboxylic acid groups (broad SMARTS) is 1. The third-order valence-corrected chi connectivity index (χ3v) is 5.35. The number of carbonyl (C=O) groups is 1. The number of hydrogen-bond acceptors (Lipinski definition) is 4. The van der Waals surface area contributed by atoms with Gasteiger partial charge in [-0.25, -0.2) is 4.98 Å². The van der Waals surface area contributed by atoms with Crippen LogP contribution in [0, 0.1) is 0 Å². The van der Waals surface area contributed by atoms with Crippen molar-refractivity contribution in [1.82, 2.24) is 4.98 Å². The van der Waals surface area contributed by atoms with Gasteiger partial charge < -0.3 is 10.0 Å². The summed E-state index contributed by atoms with van der Waals surface area (Å²) in [7, 11) is 0. The highest BCUT2D eigenvalue weighted by atomic mass is 32.1. The molecule has 1 heterocycles. The predicted molar refractivity (Wildman–Crippen MR) is 111 cm³/mol. The van der Waals surface area contributed by atoms with Crippen molar-refractivity contribution in [3.63, 3.8) is 0 Å². The smallest absolute Gasteiger partial charge is 0.305 e. The molecule has 0 aliphatic carbocycles. The molecule has 0 bridgehead atoms. The van der Waals surface area contributed by atoms with Crippen LogP contribution < -0.4 is 4.90 Å². The molecule has 1 N–H and O–H groups in total. The molecule has 0 atom stereocenters. The first kappa shape index (κ1) is 19.1. The number of benzene rings is 2. The number of anilines is 1.